The average molecular weight is 163 g/mol. The summed E-state index contributed by atoms with van der Waals surface area (Å²) in [5.74, 6) is 0.786. The first-order valence-electron chi connectivity index (χ1n) is 4.73. The molecule has 12 heavy (non-hydrogen) atoms. The highest BCUT2D eigenvalue weighted by molar-refractivity contribution is 5.58. The Hall–Kier alpha value is -0.850. The van der Waals surface area contributed by atoms with Gasteiger partial charge >= 0.3 is 0 Å². The molecule has 1 aliphatic rings. The molecule has 1 atom stereocenters. The number of rotatable bonds is 0. The molecule has 0 N–H and O–H groups in total. The molecule has 0 radical (unpaired) electrons. The van der Waals surface area contributed by atoms with E-state index < -0.39 is 0 Å². The molecular weight excluding hydrogens is 146 g/mol. The zero-order valence-corrected chi connectivity index (χ0v) is 7.74. The third-order valence-corrected chi connectivity index (χ3v) is 2.10. The number of aliphatic imine (C=N–C) groups is 1. The van der Waals surface area contributed by atoms with Crippen molar-refractivity contribution < 1.29 is 0 Å². The Kier molecular flexibility index (Phi) is 4.43. The Bertz CT molecular complexity index is 189. The lowest BCUT2D eigenvalue weighted by Crippen LogP contribution is -1.94. The molecule has 1 aliphatic heterocycles. The zero-order chi connectivity index (χ0) is 8.65. The van der Waals surface area contributed by atoms with Crippen molar-refractivity contribution in [1.29, 1.82) is 0 Å². The number of nitrogens with zero attached hydrogens (tertiary/aromatic N) is 1. The minimum atomic E-state index is 0.786. The Morgan fingerprint density at radius 2 is 2.25 bits per heavy atom. The zero-order valence-electron chi connectivity index (χ0n) is 7.74. The van der Waals surface area contributed by atoms with E-state index in [1.807, 2.05) is 18.5 Å². The van der Waals surface area contributed by atoms with Crippen molar-refractivity contribution in [1.82, 2.24) is 0 Å². The second kappa shape index (κ2) is 5.76. The van der Waals surface area contributed by atoms with Gasteiger partial charge in [0.25, 0.3) is 0 Å². The minimum absolute atomic E-state index is 0.786. The lowest BCUT2D eigenvalue weighted by atomic mass is 10.0. The van der Waals surface area contributed by atoms with Crippen LogP contribution < -0.4 is 0 Å². The molecule has 0 saturated carbocycles. The van der Waals surface area contributed by atoms with Gasteiger partial charge in [0.05, 0.1) is 0 Å². The van der Waals surface area contributed by atoms with Gasteiger partial charge in [-0.3, -0.25) is 4.99 Å². The molecule has 0 aromatic heterocycles. The van der Waals surface area contributed by atoms with E-state index in [1.165, 1.54) is 19.3 Å². The molecule has 0 aliphatic carbocycles. The standard InChI is InChI=1S/C11H17N/c1-11-7-5-3-2-4-6-9-12-10-8-11/h2,4,6,9-11H,3,5,7-8H2,1H3/b4-2+,9-6+,12-10-. The van der Waals surface area contributed by atoms with Crippen LogP contribution >= 0.6 is 0 Å². The molecule has 1 rings (SSSR count). The molecule has 0 amide bonds. The van der Waals surface area contributed by atoms with E-state index in [9.17, 15) is 0 Å². The maximum atomic E-state index is 4.17. The summed E-state index contributed by atoms with van der Waals surface area (Å²) in [5, 5.41) is 0. The quantitative estimate of drug-likeness (QED) is 0.519. The highest BCUT2D eigenvalue weighted by Crippen LogP contribution is 2.11. The highest BCUT2D eigenvalue weighted by Gasteiger charge is 1.98. The fourth-order valence-corrected chi connectivity index (χ4v) is 1.28. The maximum Gasteiger partial charge on any atom is 0.0263 e. The largest absolute Gasteiger partial charge is 0.269 e. The first-order valence-corrected chi connectivity index (χ1v) is 4.73. The summed E-state index contributed by atoms with van der Waals surface area (Å²) in [6.07, 6.45) is 15.1. The molecule has 1 nitrogen and oxygen atoms in total. The van der Waals surface area contributed by atoms with Gasteiger partial charge in [0.15, 0.2) is 0 Å². The van der Waals surface area contributed by atoms with Crippen molar-refractivity contribution in [3.8, 4) is 0 Å². The second-order valence-electron chi connectivity index (χ2n) is 3.37. The fraction of sp³-hybridized carbons (Fsp3) is 0.545. The van der Waals surface area contributed by atoms with E-state index >= 15 is 0 Å². The van der Waals surface area contributed by atoms with Gasteiger partial charge in [0.2, 0.25) is 0 Å². The summed E-state index contributed by atoms with van der Waals surface area (Å²) in [5.41, 5.74) is 0. The number of hydrogen-bond acceptors (Lipinski definition) is 1. The molecule has 66 valence electrons. The predicted molar refractivity (Wildman–Crippen MR) is 54.4 cm³/mol. The van der Waals surface area contributed by atoms with Crippen LogP contribution in [0.25, 0.3) is 0 Å². The van der Waals surface area contributed by atoms with Crippen LogP contribution in [-0.4, -0.2) is 6.21 Å². The smallest absolute Gasteiger partial charge is 0.0263 e. The third-order valence-electron chi connectivity index (χ3n) is 2.10. The van der Waals surface area contributed by atoms with Crippen LogP contribution in [0.4, 0.5) is 0 Å². The molecule has 0 aromatic carbocycles. The van der Waals surface area contributed by atoms with Crippen LogP contribution in [-0.2, 0) is 0 Å². The van der Waals surface area contributed by atoms with E-state index in [-0.39, 0.29) is 0 Å². The normalized spacial score (nSPS) is 33.2. The monoisotopic (exact) mass is 163 g/mol. The topological polar surface area (TPSA) is 12.4 Å². The Morgan fingerprint density at radius 1 is 1.33 bits per heavy atom. The number of hydrogen-bond donors (Lipinski definition) is 0. The van der Waals surface area contributed by atoms with Gasteiger partial charge in [-0.25, -0.2) is 0 Å². The summed E-state index contributed by atoms with van der Waals surface area (Å²) in [6, 6.07) is 0. The highest BCUT2D eigenvalue weighted by atomic mass is 14.7. The molecule has 0 bridgehead atoms. The van der Waals surface area contributed by atoms with E-state index in [2.05, 4.69) is 24.1 Å². The van der Waals surface area contributed by atoms with Crippen molar-refractivity contribution in [2.45, 2.75) is 32.6 Å². The van der Waals surface area contributed by atoms with Gasteiger partial charge < -0.3 is 0 Å². The molecule has 0 spiro atoms. The van der Waals surface area contributed by atoms with E-state index in [1.54, 1.807) is 0 Å². The van der Waals surface area contributed by atoms with Crippen LogP contribution in [0.5, 0.6) is 0 Å². The molecule has 1 unspecified atom stereocenters. The summed E-state index contributed by atoms with van der Waals surface area (Å²) in [7, 11) is 0. The van der Waals surface area contributed by atoms with E-state index in [0.717, 1.165) is 12.3 Å². The third kappa shape index (κ3) is 4.12. The van der Waals surface area contributed by atoms with Gasteiger partial charge in [-0.2, -0.15) is 0 Å². The second-order valence-corrected chi connectivity index (χ2v) is 3.37. The molecule has 0 fully saturated rings. The Labute approximate surface area is 74.9 Å². The van der Waals surface area contributed by atoms with E-state index in [4.69, 9.17) is 0 Å². The lowest BCUT2D eigenvalue weighted by molar-refractivity contribution is 0.534. The van der Waals surface area contributed by atoms with Crippen molar-refractivity contribution >= 4 is 6.21 Å². The van der Waals surface area contributed by atoms with Gasteiger partial charge in [-0.05, 0) is 31.3 Å². The molecule has 1 heterocycles. The van der Waals surface area contributed by atoms with Gasteiger partial charge in [-0.1, -0.05) is 25.5 Å². The summed E-state index contributed by atoms with van der Waals surface area (Å²) in [4.78, 5) is 4.17. The molecule has 1 heteroatoms. The minimum Gasteiger partial charge on any atom is -0.269 e. The van der Waals surface area contributed by atoms with E-state index in [0.29, 0.717) is 0 Å². The van der Waals surface area contributed by atoms with Crippen LogP contribution in [0.1, 0.15) is 32.6 Å². The van der Waals surface area contributed by atoms with Crippen molar-refractivity contribution in [2.24, 2.45) is 10.9 Å². The van der Waals surface area contributed by atoms with Crippen LogP contribution in [0.2, 0.25) is 0 Å². The Balaban J connectivity index is 2.44. The van der Waals surface area contributed by atoms with Crippen LogP contribution in [0.15, 0.2) is 29.4 Å². The first kappa shape index (κ1) is 9.24. The fourth-order valence-electron chi connectivity index (χ4n) is 1.28. The summed E-state index contributed by atoms with van der Waals surface area (Å²) in [6.45, 7) is 2.29. The van der Waals surface area contributed by atoms with Gasteiger partial charge in [-0.15, -0.1) is 0 Å². The average Bonchev–Trinajstić information content (AvgIpc) is 2.11. The van der Waals surface area contributed by atoms with Crippen molar-refractivity contribution in [3.63, 3.8) is 0 Å². The first-order chi connectivity index (χ1) is 5.89. The Morgan fingerprint density at radius 3 is 3.17 bits per heavy atom. The number of allylic oxidation sites excluding steroid dienone is 3. The molecule has 0 saturated heterocycles. The van der Waals surface area contributed by atoms with Gasteiger partial charge in [0, 0.05) is 12.4 Å². The summed E-state index contributed by atoms with van der Waals surface area (Å²) >= 11 is 0. The maximum absolute atomic E-state index is 4.17. The molecular formula is C11H17N. The summed E-state index contributed by atoms with van der Waals surface area (Å²) < 4.78 is 0. The van der Waals surface area contributed by atoms with Crippen molar-refractivity contribution in [3.05, 3.63) is 24.4 Å². The lowest BCUT2D eigenvalue weighted by Gasteiger charge is -2.05. The molecule has 0 aromatic rings. The van der Waals surface area contributed by atoms with Crippen LogP contribution in [0.3, 0.4) is 0 Å². The SMILES string of the molecule is CC1C\C=N/C=C/C=C/CCC1. The van der Waals surface area contributed by atoms with Gasteiger partial charge in [0.1, 0.15) is 0 Å². The predicted octanol–water partition coefficient (Wildman–Crippen LogP) is 3.34. The van der Waals surface area contributed by atoms with Crippen molar-refractivity contribution in [2.75, 3.05) is 0 Å². The van der Waals surface area contributed by atoms with Crippen LogP contribution in [0, 0.1) is 5.92 Å².